The van der Waals surface area contributed by atoms with Gasteiger partial charge >= 0.3 is 6.03 Å². The summed E-state index contributed by atoms with van der Waals surface area (Å²) in [5.41, 5.74) is 0.846. The molecule has 1 aromatic carbocycles. The molecule has 2 rings (SSSR count). The van der Waals surface area contributed by atoms with Crippen molar-refractivity contribution in [1.82, 2.24) is 15.1 Å². The van der Waals surface area contributed by atoms with Crippen molar-refractivity contribution in [3.63, 3.8) is 0 Å². The van der Waals surface area contributed by atoms with Crippen LogP contribution in [0.15, 0.2) is 30.3 Å². The predicted octanol–water partition coefficient (Wildman–Crippen LogP) is 2.58. The zero-order chi connectivity index (χ0) is 15.2. The Morgan fingerprint density at radius 2 is 2.10 bits per heavy atom. The Hall–Kier alpha value is -2.21. The third kappa shape index (κ3) is 4.68. The van der Waals surface area contributed by atoms with Gasteiger partial charge in [-0.15, -0.1) is 0 Å². The maximum atomic E-state index is 11.7. The number of carbonyl (C=O) groups is 1. The zero-order valence-electron chi connectivity index (χ0n) is 11.9. The third-order valence-corrected chi connectivity index (χ3v) is 2.97. The molecular weight excluding hydrogens is 292 g/mol. The molecule has 21 heavy (non-hydrogen) atoms. The van der Waals surface area contributed by atoms with E-state index in [2.05, 4.69) is 15.7 Å². The number of amides is 2. The third-order valence-electron chi connectivity index (χ3n) is 2.71. The molecule has 0 spiro atoms. The van der Waals surface area contributed by atoms with Crippen LogP contribution in [0.1, 0.15) is 5.69 Å². The first-order chi connectivity index (χ1) is 10.0. The molecule has 0 atom stereocenters. The number of benzene rings is 1. The monoisotopic (exact) mass is 308 g/mol. The molecule has 0 aliphatic rings. The van der Waals surface area contributed by atoms with Crippen LogP contribution in [-0.4, -0.2) is 29.0 Å². The quantitative estimate of drug-likeness (QED) is 0.834. The van der Waals surface area contributed by atoms with Gasteiger partial charge in [0.2, 0.25) is 0 Å². The number of aryl methyl sites for hydroxylation is 2. The lowest BCUT2D eigenvalue weighted by Crippen LogP contribution is -2.32. The molecule has 0 unspecified atom stereocenters. The number of aromatic nitrogens is 2. The molecule has 0 saturated heterocycles. The molecule has 2 N–H and O–H groups in total. The molecule has 2 amide bonds. The number of hydrogen-bond donors (Lipinski definition) is 2. The second kappa shape index (κ2) is 6.99. The fourth-order valence-corrected chi connectivity index (χ4v) is 1.88. The average molecular weight is 309 g/mol. The maximum Gasteiger partial charge on any atom is 0.320 e. The molecule has 112 valence electrons. The van der Waals surface area contributed by atoms with Gasteiger partial charge in [0.25, 0.3) is 0 Å². The summed E-state index contributed by atoms with van der Waals surface area (Å²) in [4.78, 5) is 11.7. The molecule has 2 aromatic rings. The number of carbonyl (C=O) groups excluding carboxylic acids is 1. The second-order valence-corrected chi connectivity index (χ2v) is 4.91. The van der Waals surface area contributed by atoms with Crippen LogP contribution in [-0.2, 0) is 7.05 Å². The standard InChI is InChI=1S/C14H17ClN4O2/c1-10-9-13(19(2)18-10)17-14(20)16-7-8-21-12-5-3-11(15)4-6-12/h3-6,9H,7-8H2,1-2H3,(H2,16,17,20). The lowest BCUT2D eigenvalue weighted by Gasteiger charge is -2.09. The minimum Gasteiger partial charge on any atom is -0.492 e. The largest absolute Gasteiger partial charge is 0.492 e. The van der Waals surface area contributed by atoms with Gasteiger partial charge in [0.1, 0.15) is 18.2 Å². The molecule has 0 aliphatic carbocycles. The van der Waals surface area contributed by atoms with E-state index in [0.717, 1.165) is 5.69 Å². The number of anilines is 1. The molecular formula is C14H17ClN4O2. The molecule has 1 heterocycles. The predicted molar refractivity (Wildman–Crippen MR) is 81.9 cm³/mol. The summed E-state index contributed by atoms with van der Waals surface area (Å²) in [7, 11) is 1.77. The van der Waals surface area contributed by atoms with Crippen molar-refractivity contribution in [2.75, 3.05) is 18.5 Å². The van der Waals surface area contributed by atoms with E-state index in [9.17, 15) is 4.79 Å². The lowest BCUT2D eigenvalue weighted by molar-refractivity contribution is 0.247. The molecule has 0 radical (unpaired) electrons. The van der Waals surface area contributed by atoms with Crippen LogP contribution in [0.5, 0.6) is 5.75 Å². The zero-order valence-corrected chi connectivity index (χ0v) is 12.6. The van der Waals surface area contributed by atoms with Gasteiger partial charge in [0.15, 0.2) is 0 Å². The first kappa shape index (κ1) is 15.2. The second-order valence-electron chi connectivity index (χ2n) is 4.48. The summed E-state index contributed by atoms with van der Waals surface area (Å²) in [6, 6.07) is 8.56. The molecule has 1 aromatic heterocycles. The van der Waals surface area contributed by atoms with Crippen LogP contribution < -0.4 is 15.4 Å². The Morgan fingerprint density at radius 1 is 1.38 bits per heavy atom. The first-order valence-corrected chi connectivity index (χ1v) is 6.86. The number of rotatable bonds is 5. The number of halogens is 1. The molecule has 0 saturated carbocycles. The lowest BCUT2D eigenvalue weighted by atomic mass is 10.3. The fourth-order valence-electron chi connectivity index (χ4n) is 1.75. The Morgan fingerprint density at radius 3 is 2.71 bits per heavy atom. The van der Waals surface area contributed by atoms with Gasteiger partial charge in [-0.05, 0) is 31.2 Å². The summed E-state index contributed by atoms with van der Waals surface area (Å²) in [6.45, 7) is 2.63. The summed E-state index contributed by atoms with van der Waals surface area (Å²) in [5.74, 6) is 1.35. The number of nitrogens with zero attached hydrogens (tertiary/aromatic N) is 2. The smallest absolute Gasteiger partial charge is 0.320 e. The van der Waals surface area contributed by atoms with Crippen molar-refractivity contribution in [2.45, 2.75) is 6.92 Å². The highest BCUT2D eigenvalue weighted by Crippen LogP contribution is 2.15. The van der Waals surface area contributed by atoms with Crippen LogP contribution in [0.25, 0.3) is 0 Å². The minimum absolute atomic E-state index is 0.294. The van der Waals surface area contributed by atoms with Crippen molar-refractivity contribution in [1.29, 1.82) is 0 Å². The SMILES string of the molecule is Cc1cc(NC(=O)NCCOc2ccc(Cl)cc2)n(C)n1. The van der Waals surface area contributed by atoms with E-state index in [0.29, 0.717) is 29.7 Å². The highest BCUT2D eigenvalue weighted by molar-refractivity contribution is 6.30. The Labute approximate surface area is 128 Å². The molecule has 0 fully saturated rings. The average Bonchev–Trinajstić information content (AvgIpc) is 2.75. The Kier molecular flexibility index (Phi) is 5.05. The Balaban J connectivity index is 1.70. The minimum atomic E-state index is -0.294. The molecule has 0 bridgehead atoms. The maximum absolute atomic E-state index is 11.7. The highest BCUT2D eigenvalue weighted by Gasteiger charge is 2.06. The van der Waals surface area contributed by atoms with Gasteiger partial charge in [-0.25, -0.2) is 4.79 Å². The summed E-state index contributed by atoms with van der Waals surface area (Å²) in [5, 5.41) is 10.2. The normalized spacial score (nSPS) is 10.2. The Bertz CT molecular complexity index is 610. The van der Waals surface area contributed by atoms with Gasteiger partial charge < -0.3 is 10.1 Å². The van der Waals surface area contributed by atoms with Gasteiger partial charge in [0.05, 0.1) is 12.2 Å². The summed E-state index contributed by atoms with van der Waals surface area (Å²) in [6.07, 6.45) is 0. The first-order valence-electron chi connectivity index (χ1n) is 6.48. The van der Waals surface area contributed by atoms with Crippen molar-refractivity contribution < 1.29 is 9.53 Å². The molecule has 6 nitrogen and oxygen atoms in total. The van der Waals surface area contributed by atoms with Crippen LogP contribution in [0, 0.1) is 6.92 Å². The number of nitrogens with one attached hydrogen (secondary N) is 2. The van der Waals surface area contributed by atoms with Crippen LogP contribution in [0.4, 0.5) is 10.6 Å². The van der Waals surface area contributed by atoms with E-state index >= 15 is 0 Å². The van der Waals surface area contributed by atoms with Gasteiger partial charge in [-0.2, -0.15) is 5.10 Å². The van der Waals surface area contributed by atoms with E-state index in [-0.39, 0.29) is 6.03 Å². The van der Waals surface area contributed by atoms with Gasteiger partial charge in [-0.1, -0.05) is 11.6 Å². The fraction of sp³-hybridized carbons (Fsp3) is 0.286. The topological polar surface area (TPSA) is 68.2 Å². The van der Waals surface area contributed by atoms with Crippen molar-refractivity contribution in [2.24, 2.45) is 7.05 Å². The van der Waals surface area contributed by atoms with E-state index in [4.69, 9.17) is 16.3 Å². The van der Waals surface area contributed by atoms with Crippen LogP contribution >= 0.6 is 11.6 Å². The molecule has 0 aliphatic heterocycles. The van der Waals surface area contributed by atoms with Crippen molar-refractivity contribution in [3.8, 4) is 5.75 Å². The van der Waals surface area contributed by atoms with Crippen molar-refractivity contribution >= 4 is 23.4 Å². The van der Waals surface area contributed by atoms with E-state index in [1.54, 1.807) is 42.1 Å². The van der Waals surface area contributed by atoms with Crippen LogP contribution in [0.3, 0.4) is 0 Å². The van der Waals surface area contributed by atoms with E-state index in [1.165, 1.54) is 0 Å². The van der Waals surface area contributed by atoms with Crippen LogP contribution in [0.2, 0.25) is 5.02 Å². The van der Waals surface area contributed by atoms with E-state index < -0.39 is 0 Å². The van der Waals surface area contributed by atoms with Gasteiger partial charge in [-0.3, -0.25) is 10.00 Å². The van der Waals surface area contributed by atoms with Crippen molar-refractivity contribution in [3.05, 3.63) is 41.0 Å². The summed E-state index contributed by atoms with van der Waals surface area (Å²) < 4.78 is 7.08. The number of ether oxygens (including phenoxy) is 1. The van der Waals surface area contributed by atoms with E-state index in [1.807, 2.05) is 6.92 Å². The summed E-state index contributed by atoms with van der Waals surface area (Å²) >= 11 is 5.78. The van der Waals surface area contributed by atoms with Gasteiger partial charge in [0, 0.05) is 18.1 Å². The molecule has 7 heteroatoms. The number of urea groups is 1. The highest BCUT2D eigenvalue weighted by atomic mass is 35.5. The number of hydrogen-bond acceptors (Lipinski definition) is 3.